The number of rotatable bonds is 4. The largest absolute Gasteiger partial charge is 0.378 e. The molecule has 1 atom stereocenters. The van der Waals surface area contributed by atoms with Crippen molar-refractivity contribution in [1.82, 2.24) is 9.88 Å². The van der Waals surface area contributed by atoms with Gasteiger partial charge in [-0.25, -0.2) is 0 Å². The van der Waals surface area contributed by atoms with Gasteiger partial charge in [-0.2, -0.15) is 0 Å². The van der Waals surface area contributed by atoms with E-state index in [1.807, 2.05) is 6.07 Å². The minimum absolute atomic E-state index is 0.544. The average molecular weight is 270 g/mol. The lowest BCUT2D eigenvalue weighted by Gasteiger charge is -2.35. The second kappa shape index (κ2) is 6.33. The summed E-state index contributed by atoms with van der Waals surface area (Å²) >= 11 is 0. The number of hydrogen-bond donors (Lipinski definition) is 0. The standard InChI is InChI=1S/C17H22N2O/c1-2-5-16-13-20-11-10-19(16)12-15-9-8-14-6-3-4-7-17(14)18-15/h3-4,6-9,16H,2,5,10-13H2,1H3/t16-/m0/s1. The Balaban J connectivity index is 1.77. The molecule has 1 saturated heterocycles. The van der Waals surface area contributed by atoms with Gasteiger partial charge in [0.1, 0.15) is 0 Å². The van der Waals surface area contributed by atoms with Gasteiger partial charge in [-0.1, -0.05) is 37.6 Å². The number of benzene rings is 1. The van der Waals surface area contributed by atoms with Crippen molar-refractivity contribution in [3.8, 4) is 0 Å². The number of fused-ring (bicyclic) bond motifs is 1. The number of nitrogens with zero attached hydrogens (tertiary/aromatic N) is 2. The number of ether oxygens (including phenoxy) is 1. The fourth-order valence-corrected chi connectivity index (χ4v) is 2.90. The smallest absolute Gasteiger partial charge is 0.0705 e. The van der Waals surface area contributed by atoms with Crippen LogP contribution in [0.1, 0.15) is 25.5 Å². The maximum atomic E-state index is 5.61. The summed E-state index contributed by atoms with van der Waals surface area (Å²) in [6.07, 6.45) is 2.41. The van der Waals surface area contributed by atoms with Crippen LogP contribution in [-0.2, 0) is 11.3 Å². The second-order valence-corrected chi connectivity index (χ2v) is 5.48. The van der Waals surface area contributed by atoms with E-state index >= 15 is 0 Å². The molecule has 0 spiro atoms. The van der Waals surface area contributed by atoms with Crippen LogP contribution in [0.15, 0.2) is 36.4 Å². The molecule has 0 N–H and O–H groups in total. The first-order valence-corrected chi connectivity index (χ1v) is 7.53. The van der Waals surface area contributed by atoms with Crippen molar-refractivity contribution in [1.29, 1.82) is 0 Å². The first-order valence-electron chi connectivity index (χ1n) is 7.53. The normalized spacial score (nSPS) is 20.4. The Bertz CT molecular complexity index is 568. The highest BCUT2D eigenvalue weighted by Gasteiger charge is 2.22. The highest BCUT2D eigenvalue weighted by Crippen LogP contribution is 2.17. The Morgan fingerprint density at radius 3 is 3.05 bits per heavy atom. The Morgan fingerprint density at radius 1 is 1.25 bits per heavy atom. The predicted octanol–water partition coefficient (Wildman–Crippen LogP) is 3.24. The molecular weight excluding hydrogens is 248 g/mol. The molecule has 106 valence electrons. The van der Waals surface area contributed by atoms with Crippen molar-refractivity contribution in [2.45, 2.75) is 32.4 Å². The molecule has 3 heteroatoms. The molecule has 2 aromatic rings. The molecule has 20 heavy (non-hydrogen) atoms. The van der Waals surface area contributed by atoms with Crippen LogP contribution in [0, 0.1) is 0 Å². The fourth-order valence-electron chi connectivity index (χ4n) is 2.90. The van der Waals surface area contributed by atoms with E-state index < -0.39 is 0 Å². The van der Waals surface area contributed by atoms with Gasteiger partial charge < -0.3 is 4.74 Å². The van der Waals surface area contributed by atoms with Crippen molar-refractivity contribution >= 4 is 10.9 Å². The van der Waals surface area contributed by atoms with E-state index in [0.29, 0.717) is 6.04 Å². The van der Waals surface area contributed by atoms with Gasteiger partial charge in [0.15, 0.2) is 0 Å². The first kappa shape index (κ1) is 13.5. The Morgan fingerprint density at radius 2 is 2.15 bits per heavy atom. The highest BCUT2D eigenvalue weighted by molar-refractivity contribution is 5.78. The van der Waals surface area contributed by atoms with Crippen LogP contribution >= 0.6 is 0 Å². The third-order valence-corrected chi connectivity index (χ3v) is 3.99. The minimum Gasteiger partial charge on any atom is -0.378 e. The molecule has 3 rings (SSSR count). The molecular formula is C17H22N2O. The molecule has 1 fully saturated rings. The lowest BCUT2D eigenvalue weighted by atomic mass is 10.1. The molecule has 2 heterocycles. The van der Waals surface area contributed by atoms with Gasteiger partial charge in [0, 0.05) is 24.5 Å². The summed E-state index contributed by atoms with van der Waals surface area (Å²) < 4.78 is 5.61. The van der Waals surface area contributed by atoms with Crippen LogP contribution in [0.25, 0.3) is 10.9 Å². The maximum Gasteiger partial charge on any atom is 0.0705 e. The van der Waals surface area contributed by atoms with Crippen LogP contribution in [0.2, 0.25) is 0 Å². The molecule has 0 amide bonds. The predicted molar refractivity (Wildman–Crippen MR) is 81.7 cm³/mol. The van der Waals surface area contributed by atoms with Crippen molar-refractivity contribution in [2.75, 3.05) is 19.8 Å². The molecule has 1 aromatic heterocycles. The fraction of sp³-hybridized carbons (Fsp3) is 0.471. The topological polar surface area (TPSA) is 25.4 Å². The van der Waals surface area contributed by atoms with Crippen molar-refractivity contribution < 1.29 is 4.74 Å². The van der Waals surface area contributed by atoms with E-state index in [1.54, 1.807) is 0 Å². The number of morpholine rings is 1. The van der Waals surface area contributed by atoms with Crippen LogP contribution in [0.4, 0.5) is 0 Å². The molecule has 0 aliphatic carbocycles. The zero-order valence-corrected chi connectivity index (χ0v) is 12.1. The van der Waals surface area contributed by atoms with Gasteiger partial charge in [0.25, 0.3) is 0 Å². The molecule has 1 aliphatic rings. The monoisotopic (exact) mass is 270 g/mol. The van der Waals surface area contributed by atoms with Gasteiger partial charge in [-0.3, -0.25) is 9.88 Å². The van der Waals surface area contributed by atoms with Gasteiger partial charge in [-0.05, 0) is 18.6 Å². The van der Waals surface area contributed by atoms with Gasteiger partial charge in [0.2, 0.25) is 0 Å². The van der Waals surface area contributed by atoms with E-state index in [4.69, 9.17) is 9.72 Å². The quantitative estimate of drug-likeness (QED) is 0.853. The number of pyridine rings is 1. The maximum absolute atomic E-state index is 5.61. The zero-order chi connectivity index (χ0) is 13.8. The van der Waals surface area contributed by atoms with Crippen LogP contribution < -0.4 is 0 Å². The Kier molecular flexibility index (Phi) is 4.28. The summed E-state index contributed by atoms with van der Waals surface area (Å²) in [6.45, 7) is 5.88. The minimum atomic E-state index is 0.544. The van der Waals surface area contributed by atoms with Crippen molar-refractivity contribution in [2.24, 2.45) is 0 Å². The SMILES string of the molecule is CCC[C@H]1COCCN1Cc1ccc2ccccc2n1. The third-order valence-electron chi connectivity index (χ3n) is 3.99. The van der Waals surface area contributed by atoms with Crippen LogP contribution in [0.3, 0.4) is 0 Å². The third kappa shape index (κ3) is 3.00. The summed E-state index contributed by atoms with van der Waals surface area (Å²) in [6, 6.07) is 13.2. The van der Waals surface area contributed by atoms with Crippen LogP contribution in [-0.4, -0.2) is 35.7 Å². The molecule has 0 bridgehead atoms. The van der Waals surface area contributed by atoms with Crippen LogP contribution in [0.5, 0.6) is 0 Å². The molecule has 1 aromatic carbocycles. The lowest BCUT2D eigenvalue weighted by molar-refractivity contribution is -0.0151. The lowest BCUT2D eigenvalue weighted by Crippen LogP contribution is -2.44. The first-order chi connectivity index (χ1) is 9.86. The molecule has 0 radical (unpaired) electrons. The average Bonchev–Trinajstić information content (AvgIpc) is 2.49. The summed E-state index contributed by atoms with van der Waals surface area (Å²) in [7, 11) is 0. The van der Waals surface area contributed by atoms with E-state index in [0.717, 1.165) is 37.5 Å². The number of aromatic nitrogens is 1. The Labute approximate surface area is 120 Å². The summed E-state index contributed by atoms with van der Waals surface area (Å²) in [5.41, 5.74) is 2.25. The van der Waals surface area contributed by atoms with Gasteiger partial charge >= 0.3 is 0 Å². The van der Waals surface area contributed by atoms with E-state index in [-0.39, 0.29) is 0 Å². The highest BCUT2D eigenvalue weighted by atomic mass is 16.5. The molecule has 1 aliphatic heterocycles. The van der Waals surface area contributed by atoms with Crippen molar-refractivity contribution in [3.63, 3.8) is 0 Å². The van der Waals surface area contributed by atoms with Gasteiger partial charge in [0.05, 0.1) is 24.4 Å². The molecule has 0 saturated carbocycles. The summed E-state index contributed by atoms with van der Waals surface area (Å²) in [5, 5.41) is 1.21. The zero-order valence-electron chi connectivity index (χ0n) is 12.1. The number of para-hydroxylation sites is 1. The summed E-state index contributed by atoms with van der Waals surface area (Å²) in [4.78, 5) is 7.30. The molecule has 3 nitrogen and oxygen atoms in total. The number of hydrogen-bond acceptors (Lipinski definition) is 3. The van der Waals surface area contributed by atoms with Crippen molar-refractivity contribution in [3.05, 3.63) is 42.1 Å². The van der Waals surface area contributed by atoms with E-state index in [9.17, 15) is 0 Å². The second-order valence-electron chi connectivity index (χ2n) is 5.48. The van der Waals surface area contributed by atoms with Gasteiger partial charge in [-0.15, -0.1) is 0 Å². The Hall–Kier alpha value is -1.45. The van der Waals surface area contributed by atoms with E-state index in [2.05, 4.69) is 42.2 Å². The van der Waals surface area contributed by atoms with E-state index in [1.165, 1.54) is 18.2 Å². The molecule has 0 unspecified atom stereocenters. The summed E-state index contributed by atoms with van der Waals surface area (Å²) in [5.74, 6) is 0.